The van der Waals surface area contributed by atoms with Crippen molar-refractivity contribution in [2.45, 2.75) is 38.1 Å². The van der Waals surface area contributed by atoms with Gasteiger partial charge in [-0.3, -0.25) is 14.5 Å². The van der Waals surface area contributed by atoms with Crippen molar-refractivity contribution in [1.29, 1.82) is 0 Å². The van der Waals surface area contributed by atoms with E-state index >= 15 is 0 Å². The number of hydrogen-bond donors (Lipinski definition) is 1. The summed E-state index contributed by atoms with van der Waals surface area (Å²) in [5.74, 6) is -0.137. The monoisotopic (exact) mass is 329 g/mol. The Kier molecular flexibility index (Phi) is 5.13. The third-order valence-corrected chi connectivity index (χ3v) is 4.68. The Balaban J connectivity index is 1.49. The van der Waals surface area contributed by atoms with Gasteiger partial charge < -0.3 is 10.2 Å². The van der Waals surface area contributed by atoms with Crippen LogP contribution in [0.5, 0.6) is 0 Å². The van der Waals surface area contributed by atoms with E-state index in [-0.39, 0.29) is 17.8 Å². The molecule has 128 valence electrons. The lowest BCUT2D eigenvalue weighted by atomic mass is 10.1. The van der Waals surface area contributed by atoms with Crippen LogP contribution >= 0.6 is 0 Å². The zero-order valence-electron chi connectivity index (χ0n) is 13.7. The first-order chi connectivity index (χ1) is 11.6. The zero-order valence-corrected chi connectivity index (χ0v) is 13.7. The average Bonchev–Trinajstić information content (AvgIpc) is 3.21. The van der Waals surface area contributed by atoms with Gasteiger partial charge in [-0.05, 0) is 31.2 Å². The topological polar surface area (TPSA) is 69.7 Å². The molecule has 2 aliphatic rings. The lowest BCUT2D eigenvalue weighted by Crippen LogP contribution is -2.34. The van der Waals surface area contributed by atoms with Gasteiger partial charge in [0.15, 0.2) is 0 Å². The van der Waals surface area contributed by atoms with Crippen LogP contribution in [0, 0.1) is 0 Å². The summed E-state index contributed by atoms with van der Waals surface area (Å²) in [4.78, 5) is 39.6. The molecule has 2 saturated heterocycles. The van der Waals surface area contributed by atoms with E-state index in [2.05, 4.69) is 5.32 Å². The van der Waals surface area contributed by atoms with Crippen LogP contribution in [0.15, 0.2) is 30.3 Å². The highest BCUT2D eigenvalue weighted by molar-refractivity contribution is 6.04. The molecule has 2 fully saturated rings. The predicted octanol–water partition coefficient (Wildman–Crippen LogP) is 1.55. The molecule has 6 nitrogen and oxygen atoms in total. The summed E-state index contributed by atoms with van der Waals surface area (Å²) in [7, 11) is 0. The summed E-state index contributed by atoms with van der Waals surface area (Å²) < 4.78 is 0. The highest BCUT2D eigenvalue weighted by Crippen LogP contribution is 2.15. The van der Waals surface area contributed by atoms with Gasteiger partial charge in [0.1, 0.15) is 6.04 Å². The summed E-state index contributed by atoms with van der Waals surface area (Å²) in [5.41, 5.74) is 1.09. The van der Waals surface area contributed by atoms with E-state index in [0.717, 1.165) is 31.5 Å². The van der Waals surface area contributed by atoms with Crippen molar-refractivity contribution >= 4 is 17.8 Å². The number of carbonyl (C=O) groups excluding carboxylic acids is 3. The fourth-order valence-electron chi connectivity index (χ4n) is 3.26. The molecule has 0 radical (unpaired) electrons. The van der Waals surface area contributed by atoms with Crippen LogP contribution in [0.1, 0.15) is 31.2 Å². The molecule has 4 amide bonds. The van der Waals surface area contributed by atoms with Crippen LogP contribution in [-0.2, 0) is 16.0 Å². The molecule has 0 saturated carbocycles. The van der Waals surface area contributed by atoms with Crippen LogP contribution in [0.25, 0.3) is 0 Å². The molecule has 1 atom stereocenters. The molecule has 0 aliphatic carbocycles. The summed E-state index contributed by atoms with van der Waals surface area (Å²) >= 11 is 0. The number of urea groups is 1. The second-order valence-electron chi connectivity index (χ2n) is 6.35. The molecule has 2 heterocycles. The van der Waals surface area contributed by atoms with Crippen molar-refractivity contribution < 1.29 is 14.4 Å². The molecule has 6 heteroatoms. The number of nitrogens with one attached hydrogen (secondary N) is 1. The van der Waals surface area contributed by atoms with Crippen LogP contribution in [-0.4, -0.2) is 53.3 Å². The van der Waals surface area contributed by atoms with Gasteiger partial charge in [0.05, 0.1) is 0 Å². The van der Waals surface area contributed by atoms with Crippen molar-refractivity contribution in [2.75, 3.05) is 19.6 Å². The number of benzene rings is 1. The number of imide groups is 1. The quantitative estimate of drug-likeness (QED) is 0.805. The zero-order chi connectivity index (χ0) is 16.9. The van der Waals surface area contributed by atoms with E-state index in [9.17, 15) is 14.4 Å². The Morgan fingerprint density at radius 2 is 1.83 bits per heavy atom. The lowest BCUT2D eigenvalue weighted by Gasteiger charge is -2.16. The van der Waals surface area contributed by atoms with Crippen molar-refractivity contribution in [3.8, 4) is 0 Å². The van der Waals surface area contributed by atoms with Crippen LogP contribution in [0.2, 0.25) is 0 Å². The van der Waals surface area contributed by atoms with Crippen LogP contribution in [0.4, 0.5) is 4.79 Å². The lowest BCUT2D eigenvalue weighted by molar-refractivity contribution is -0.131. The van der Waals surface area contributed by atoms with Gasteiger partial charge in [-0.1, -0.05) is 30.3 Å². The van der Waals surface area contributed by atoms with Crippen molar-refractivity contribution in [1.82, 2.24) is 15.1 Å². The maximum Gasteiger partial charge on any atom is 0.324 e. The summed E-state index contributed by atoms with van der Waals surface area (Å²) in [5, 5.41) is 2.70. The van der Waals surface area contributed by atoms with E-state index in [1.165, 1.54) is 4.90 Å². The molecule has 0 aromatic heterocycles. The number of likely N-dealkylation sites (tertiary alicyclic amines) is 1. The van der Waals surface area contributed by atoms with Crippen LogP contribution < -0.4 is 5.32 Å². The minimum absolute atomic E-state index is 0.0808. The summed E-state index contributed by atoms with van der Waals surface area (Å²) in [6, 6.07) is 8.84. The Hall–Kier alpha value is -2.37. The molecule has 1 aromatic rings. The average molecular weight is 329 g/mol. The minimum atomic E-state index is -0.570. The number of nitrogens with zero attached hydrogens (tertiary/aromatic N) is 2. The van der Waals surface area contributed by atoms with E-state index in [1.807, 2.05) is 35.2 Å². The Labute approximate surface area is 141 Å². The molecule has 24 heavy (non-hydrogen) atoms. The number of amides is 4. The van der Waals surface area contributed by atoms with Gasteiger partial charge in [-0.2, -0.15) is 0 Å². The fraction of sp³-hybridized carbons (Fsp3) is 0.500. The molecule has 0 bridgehead atoms. The third-order valence-electron chi connectivity index (χ3n) is 4.68. The number of rotatable bonds is 6. The maximum absolute atomic E-state index is 12.4. The van der Waals surface area contributed by atoms with Gasteiger partial charge in [0, 0.05) is 26.1 Å². The summed E-state index contributed by atoms with van der Waals surface area (Å²) in [6.45, 7) is 1.99. The Morgan fingerprint density at radius 3 is 2.54 bits per heavy atom. The van der Waals surface area contributed by atoms with Crippen molar-refractivity contribution in [3.05, 3.63) is 35.9 Å². The van der Waals surface area contributed by atoms with Crippen molar-refractivity contribution in [2.24, 2.45) is 0 Å². The van der Waals surface area contributed by atoms with Gasteiger partial charge in [-0.15, -0.1) is 0 Å². The third kappa shape index (κ3) is 3.75. The van der Waals surface area contributed by atoms with Gasteiger partial charge in [0.2, 0.25) is 5.91 Å². The second-order valence-corrected chi connectivity index (χ2v) is 6.35. The highest BCUT2D eigenvalue weighted by Gasteiger charge is 2.37. The fourth-order valence-corrected chi connectivity index (χ4v) is 3.26. The smallest absolute Gasteiger partial charge is 0.324 e. The van der Waals surface area contributed by atoms with Gasteiger partial charge in [-0.25, -0.2) is 4.79 Å². The molecular formula is C18H23N3O3. The molecule has 0 unspecified atom stereocenters. The second kappa shape index (κ2) is 7.47. The molecule has 1 aromatic carbocycles. The molecule has 3 rings (SSSR count). The molecular weight excluding hydrogens is 306 g/mol. The first kappa shape index (κ1) is 16.5. The Bertz CT molecular complexity index is 611. The summed E-state index contributed by atoms with van der Waals surface area (Å²) in [6.07, 6.45) is 3.43. The van der Waals surface area contributed by atoms with Gasteiger partial charge >= 0.3 is 6.03 Å². The molecule has 0 spiro atoms. The first-order valence-electron chi connectivity index (χ1n) is 8.59. The molecule has 2 aliphatic heterocycles. The normalized spacial score (nSPS) is 20.6. The standard InChI is InChI=1S/C18H23N3O3/c22-16(20-11-4-5-12-20)9-8-15-17(23)21(18(24)19-15)13-10-14-6-2-1-3-7-14/h1-3,6-7,15H,4-5,8-13H2,(H,19,24)/t15-/m1/s1. The first-order valence-corrected chi connectivity index (χ1v) is 8.59. The molecule has 1 N–H and O–H groups in total. The van der Waals surface area contributed by atoms with Gasteiger partial charge in [0.25, 0.3) is 5.91 Å². The van der Waals surface area contributed by atoms with Crippen LogP contribution in [0.3, 0.4) is 0 Å². The van der Waals surface area contributed by atoms with Crippen molar-refractivity contribution in [3.63, 3.8) is 0 Å². The number of hydrogen-bond acceptors (Lipinski definition) is 3. The van der Waals surface area contributed by atoms with E-state index in [0.29, 0.717) is 25.8 Å². The minimum Gasteiger partial charge on any atom is -0.343 e. The van der Waals surface area contributed by atoms with E-state index < -0.39 is 6.04 Å². The largest absolute Gasteiger partial charge is 0.343 e. The predicted molar refractivity (Wildman–Crippen MR) is 89.2 cm³/mol. The maximum atomic E-state index is 12.4. The van der Waals surface area contributed by atoms with E-state index in [4.69, 9.17) is 0 Å². The highest BCUT2D eigenvalue weighted by atomic mass is 16.2. The van der Waals surface area contributed by atoms with E-state index in [1.54, 1.807) is 0 Å². The SMILES string of the molecule is O=C(CC[C@H]1NC(=O)N(CCc2ccccc2)C1=O)N1CCCC1. The number of carbonyl (C=O) groups is 3. The Morgan fingerprint density at radius 1 is 1.12 bits per heavy atom.